The molecule has 0 aromatic heterocycles. The van der Waals surface area contributed by atoms with E-state index >= 15 is 0 Å². The number of nitrogens with zero attached hydrogens (tertiary/aromatic N) is 1. The van der Waals surface area contributed by atoms with Gasteiger partial charge in [0.1, 0.15) is 16.7 Å². The summed E-state index contributed by atoms with van der Waals surface area (Å²) in [5, 5.41) is 0.289. The van der Waals surface area contributed by atoms with Gasteiger partial charge in [-0.2, -0.15) is 0 Å². The van der Waals surface area contributed by atoms with Gasteiger partial charge in [0.2, 0.25) is 0 Å². The summed E-state index contributed by atoms with van der Waals surface area (Å²) in [5.74, 6) is 0.159. The molecular formula is C25H19ClFNO3S2. The van der Waals surface area contributed by atoms with Crippen LogP contribution in [0.1, 0.15) is 16.7 Å². The number of halogens is 2. The Bertz CT molecular complexity index is 1230. The Morgan fingerprint density at radius 2 is 1.85 bits per heavy atom. The fourth-order valence-electron chi connectivity index (χ4n) is 3.28. The van der Waals surface area contributed by atoms with E-state index in [4.69, 9.17) is 33.3 Å². The minimum absolute atomic E-state index is 0.000242. The van der Waals surface area contributed by atoms with Gasteiger partial charge < -0.3 is 9.47 Å². The zero-order valence-electron chi connectivity index (χ0n) is 17.6. The first-order chi connectivity index (χ1) is 16.0. The lowest BCUT2D eigenvalue weighted by molar-refractivity contribution is -0.122. The van der Waals surface area contributed by atoms with E-state index in [1.807, 2.05) is 30.3 Å². The molecule has 3 aromatic carbocycles. The highest BCUT2D eigenvalue weighted by Gasteiger charge is 2.32. The highest BCUT2D eigenvalue weighted by Crippen LogP contribution is 2.39. The van der Waals surface area contributed by atoms with E-state index in [9.17, 15) is 9.18 Å². The molecule has 3 aromatic rings. The summed E-state index contributed by atoms with van der Waals surface area (Å²) in [6.45, 7) is 0.413. The number of carbonyl (C=O) groups is 1. The monoisotopic (exact) mass is 499 g/mol. The summed E-state index contributed by atoms with van der Waals surface area (Å²) in [7, 11) is 1.49. The smallest absolute Gasteiger partial charge is 0.266 e. The first-order valence-corrected chi connectivity index (χ1v) is 11.6. The lowest BCUT2D eigenvalue weighted by atomic mass is 10.1. The second kappa shape index (κ2) is 10.4. The van der Waals surface area contributed by atoms with Crippen LogP contribution in [-0.2, 0) is 17.9 Å². The van der Waals surface area contributed by atoms with Gasteiger partial charge in [-0.25, -0.2) is 4.39 Å². The number of ether oxygens (including phenoxy) is 2. The van der Waals surface area contributed by atoms with Crippen molar-refractivity contribution in [1.29, 1.82) is 0 Å². The van der Waals surface area contributed by atoms with Crippen molar-refractivity contribution in [3.05, 3.63) is 99.2 Å². The number of amides is 1. The Kier molecular flexibility index (Phi) is 7.33. The lowest BCUT2D eigenvalue weighted by Gasteiger charge is -2.14. The summed E-state index contributed by atoms with van der Waals surface area (Å²) in [5.41, 5.74) is 2.06. The third-order valence-corrected chi connectivity index (χ3v) is 6.60. The maximum absolute atomic E-state index is 13.9. The summed E-state index contributed by atoms with van der Waals surface area (Å²) >= 11 is 13.1. The molecule has 0 unspecified atom stereocenters. The first-order valence-electron chi connectivity index (χ1n) is 9.99. The van der Waals surface area contributed by atoms with Gasteiger partial charge in [0, 0.05) is 5.56 Å². The molecule has 4 rings (SSSR count). The van der Waals surface area contributed by atoms with Crippen molar-refractivity contribution < 1.29 is 18.7 Å². The summed E-state index contributed by atoms with van der Waals surface area (Å²) in [6.07, 6.45) is 1.72. The summed E-state index contributed by atoms with van der Waals surface area (Å²) < 4.78 is 25.6. The molecule has 1 aliphatic rings. The van der Waals surface area contributed by atoms with Gasteiger partial charge in [0.25, 0.3) is 5.91 Å². The molecule has 1 heterocycles. The van der Waals surface area contributed by atoms with Crippen LogP contribution in [0.3, 0.4) is 0 Å². The second-order valence-corrected chi connectivity index (χ2v) is 9.25. The van der Waals surface area contributed by atoms with Gasteiger partial charge in [-0.1, -0.05) is 84.1 Å². The number of rotatable bonds is 7. The number of carbonyl (C=O) groups excluding carboxylic acids is 1. The van der Waals surface area contributed by atoms with E-state index in [-0.39, 0.29) is 23.4 Å². The molecule has 33 heavy (non-hydrogen) atoms. The van der Waals surface area contributed by atoms with E-state index in [2.05, 4.69) is 0 Å². The zero-order chi connectivity index (χ0) is 23.4. The Hall–Kier alpha value is -2.87. The Labute approximate surface area is 206 Å². The van der Waals surface area contributed by atoms with Crippen molar-refractivity contribution in [2.45, 2.75) is 13.2 Å². The normalized spacial score (nSPS) is 14.8. The van der Waals surface area contributed by atoms with Crippen LogP contribution in [0.2, 0.25) is 5.02 Å². The van der Waals surface area contributed by atoms with Gasteiger partial charge in [-0.05, 0) is 35.4 Å². The van der Waals surface area contributed by atoms with E-state index in [1.54, 1.807) is 41.3 Å². The SMILES string of the molecule is COc1cc(/C=C2/SC(=S)N(Cc3ccccc3)C2=O)cc(Cl)c1OCc1ccccc1F. The van der Waals surface area contributed by atoms with E-state index in [0.29, 0.717) is 38.4 Å². The number of methoxy groups -OCH3 is 1. The largest absolute Gasteiger partial charge is 0.493 e. The van der Waals surface area contributed by atoms with E-state index in [0.717, 1.165) is 5.56 Å². The second-order valence-electron chi connectivity index (χ2n) is 7.17. The molecule has 0 atom stereocenters. The molecule has 0 spiro atoms. The van der Waals surface area contributed by atoms with Crippen molar-refractivity contribution in [3.8, 4) is 11.5 Å². The third kappa shape index (κ3) is 5.38. The molecule has 1 saturated heterocycles. The molecule has 0 radical (unpaired) electrons. The highest BCUT2D eigenvalue weighted by atomic mass is 35.5. The van der Waals surface area contributed by atoms with Crippen molar-refractivity contribution in [3.63, 3.8) is 0 Å². The topological polar surface area (TPSA) is 38.8 Å². The van der Waals surface area contributed by atoms with Gasteiger partial charge in [-0.3, -0.25) is 9.69 Å². The number of hydrogen-bond donors (Lipinski definition) is 0. The van der Waals surface area contributed by atoms with Crippen LogP contribution in [0.5, 0.6) is 11.5 Å². The average molecular weight is 500 g/mol. The fourth-order valence-corrected chi connectivity index (χ4v) is 4.81. The predicted molar refractivity (Wildman–Crippen MR) is 134 cm³/mol. The summed E-state index contributed by atoms with van der Waals surface area (Å²) in [6, 6.07) is 19.4. The predicted octanol–water partition coefficient (Wildman–Crippen LogP) is 6.47. The molecule has 0 aliphatic carbocycles. The molecule has 0 bridgehead atoms. The van der Waals surface area contributed by atoms with Crippen LogP contribution in [0.15, 0.2) is 71.6 Å². The van der Waals surface area contributed by atoms with Crippen LogP contribution >= 0.6 is 35.6 Å². The van der Waals surface area contributed by atoms with Gasteiger partial charge in [0.05, 0.1) is 23.6 Å². The molecule has 168 valence electrons. The quantitative estimate of drug-likeness (QED) is 0.275. The van der Waals surface area contributed by atoms with Crippen molar-refractivity contribution in [1.82, 2.24) is 4.90 Å². The maximum Gasteiger partial charge on any atom is 0.266 e. The van der Waals surface area contributed by atoms with Crippen LogP contribution in [0.25, 0.3) is 6.08 Å². The Balaban J connectivity index is 1.54. The van der Waals surface area contributed by atoms with Gasteiger partial charge >= 0.3 is 0 Å². The van der Waals surface area contributed by atoms with E-state index < -0.39 is 0 Å². The molecule has 8 heteroatoms. The third-order valence-electron chi connectivity index (χ3n) is 4.94. The Morgan fingerprint density at radius 3 is 2.58 bits per heavy atom. The van der Waals surface area contributed by atoms with Crippen molar-refractivity contribution in [2.24, 2.45) is 0 Å². The van der Waals surface area contributed by atoms with Crippen LogP contribution < -0.4 is 9.47 Å². The highest BCUT2D eigenvalue weighted by molar-refractivity contribution is 8.26. The molecular weight excluding hydrogens is 481 g/mol. The molecule has 1 fully saturated rings. The number of hydrogen-bond acceptors (Lipinski definition) is 5. The molecule has 4 nitrogen and oxygen atoms in total. The lowest BCUT2D eigenvalue weighted by Crippen LogP contribution is -2.27. The number of thioether (sulfide) groups is 1. The van der Waals surface area contributed by atoms with E-state index in [1.165, 1.54) is 24.9 Å². The van der Waals surface area contributed by atoms with Crippen molar-refractivity contribution >= 4 is 51.9 Å². The number of thiocarbonyl (C=S) groups is 1. The molecule has 1 amide bonds. The molecule has 0 N–H and O–H groups in total. The van der Waals surface area contributed by atoms with Crippen LogP contribution in [-0.4, -0.2) is 22.2 Å². The average Bonchev–Trinajstić information content (AvgIpc) is 3.07. The first kappa shape index (κ1) is 23.3. The maximum atomic E-state index is 13.9. The van der Waals surface area contributed by atoms with Crippen LogP contribution in [0, 0.1) is 5.82 Å². The van der Waals surface area contributed by atoms with Gasteiger partial charge in [-0.15, -0.1) is 0 Å². The van der Waals surface area contributed by atoms with Crippen molar-refractivity contribution in [2.75, 3.05) is 7.11 Å². The fraction of sp³-hybridized carbons (Fsp3) is 0.120. The molecule has 0 saturated carbocycles. The molecule has 1 aliphatic heterocycles. The standard InChI is InChI=1S/C25H19ClFNO3S2/c1-30-21-12-17(11-19(26)23(21)31-15-18-9-5-6-10-20(18)27)13-22-24(29)28(25(32)33-22)14-16-7-3-2-4-8-16/h2-13H,14-15H2,1H3/b22-13+. The van der Waals surface area contributed by atoms with Gasteiger partial charge in [0.15, 0.2) is 11.5 Å². The minimum Gasteiger partial charge on any atom is -0.493 e. The van der Waals surface area contributed by atoms with Crippen LogP contribution in [0.4, 0.5) is 4.39 Å². The zero-order valence-corrected chi connectivity index (χ0v) is 20.0. The number of benzene rings is 3. The minimum atomic E-state index is -0.360. The Morgan fingerprint density at radius 1 is 1.12 bits per heavy atom. The summed E-state index contributed by atoms with van der Waals surface area (Å²) in [4.78, 5) is 15.0.